The van der Waals surface area contributed by atoms with Gasteiger partial charge in [-0.1, -0.05) is 0 Å². The minimum atomic E-state index is -1.56. The molecule has 0 aromatic rings. The lowest BCUT2D eigenvalue weighted by atomic mass is 9.98. The Morgan fingerprint density at radius 2 is 1.64 bits per heavy atom. The van der Waals surface area contributed by atoms with E-state index in [-0.39, 0.29) is 6.61 Å². The van der Waals surface area contributed by atoms with Crippen molar-refractivity contribution in [1.29, 1.82) is 0 Å². The molecule has 0 spiro atoms. The van der Waals surface area contributed by atoms with E-state index in [2.05, 4.69) is 0 Å². The van der Waals surface area contributed by atoms with Gasteiger partial charge < -0.3 is 49.6 Å². The molecule has 5 unspecified atom stereocenters. The van der Waals surface area contributed by atoms with E-state index in [1.165, 1.54) is 0 Å². The predicted octanol–water partition coefficient (Wildman–Crippen LogP) is -4.35. The zero-order valence-electron chi connectivity index (χ0n) is 11.5. The molecule has 0 radical (unpaired) electrons. The lowest BCUT2D eigenvalue weighted by molar-refractivity contribution is -0.336. The van der Waals surface area contributed by atoms with Crippen molar-refractivity contribution in [3.05, 3.63) is 0 Å². The van der Waals surface area contributed by atoms with Gasteiger partial charge in [0.15, 0.2) is 12.6 Å². The number of hydrogen-bond donors (Lipinski definition) is 6. The van der Waals surface area contributed by atoms with Gasteiger partial charge >= 0.3 is 0 Å². The Morgan fingerprint density at radius 3 is 2.32 bits per heavy atom. The van der Waals surface area contributed by atoms with Gasteiger partial charge in [0.2, 0.25) is 0 Å². The number of aliphatic hydroxyl groups is 6. The standard InChI is InChI=1S/C12H20O10/c13-1-3-5(14)6(15)7(16)12(21-3)22-9-4-2-19-10(9)8(17)11(18)20-4/h3-18H,1-2H2/t3?,4?,5-,6-,7?,8?,9+,10?,11+,12-/m0/s1. The third kappa shape index (κ3) is 2.65. The van der Waals surface area contributed by atoms with Crippen molar-refractivity contribution >= 4 is 0 Å². The minimum absolute atomic E-state index is 0.0842. The Balaban J connectivity index is 1.70. The summed E-state index contributed by atoms with van der Waals surface area (Å²) in [7, 11) is 0. The van der Waals surface area contributed by atoms with Crippen LogP contribution in [0, 0.1) is 0 Å². The smallest absolute Gasteiger partial charge is 0.187 e. The fraction of sp³-hybridized carbons (Fsp3) is 1.00. The Bertz CT molecular complexity index is 392. The Kier molecular flexibility index (Phi) is 4.67. The molecule has 3 fully saturated rings. The summed E-state index contributed by atoms with van der Waals surface area (Å²) in [5, 5.41) is 57.8. The van der Waals surface area contributed by atoms with Crippen molar-refractivity contribution in [2.75, 3.05) is 13.2 Å². The molecule has 3 aliphatic rings. The first kappa shape index (κ1) is 16.5. The molecule has 0 aromatic heterocycles. The van der Waals surface area contributed by atoms with E-state index in [1.807, 2.05) is 0 Å². The van der Waals surface area contributed by atoms with Gasteiger partial charge in [-0.05, 0) is 0 Å². The van der Waals surface area contributed by atoms with E-state index in [0.29, 0.717) is 0 Å². The second-order valence-electron chi connectivity index (χ2n) is 5.65. The highest BCUT2D eigenvalue weighted by Gasteiger charge is 2.54. The molecule has 128 valence electrons. The molecule has 0 saturated carbocycles. The fourth-order valence-electron chi connectivity index (χ4n) is 2.94. The van der Waals surface area contributed by atoms with Gasteiger partial charge in [-0.3, -0.25) is 0 Å². The van der Waals surface area contributed by atoms with Crippen LogP contribution in [0.5, 0.6) is 0 Å². The number of fused-ring (bicyclic) bond motifs is 2. The number of aliphatic hydroxyl groups excluding tert-OH is 6. The summed E-state index contributed by atoms with van der Waals surface area (Å²) < 4.78 is 21.2. The molecule has 3 aliphatic heterocycles. The second-order valence-corrected chi connectivity index (χ2v) is 5.65. The maximum Gasteiger partial charge on any atom is 0.187 e. The van der Waals surface area contributed by atoms with Gasteiger partial charge in [-0.15, -0.1) is 0 Å². The lowest BCUT2D eigenvalue weighted by Gasteiger charge is -2.43. The summed E-state index contributed by atoms with van der Waals surface area (Å²) in [6, 6.07) is 0. The summed E-state index contributed by atoms with van der Waals surface area (Å²) in [6.45, 7) is -0.489. The zero-order valence-corrected chi connectivity index (χ0v) is 11.5. The molecular formula is C12H20O10. The van der Waals surface area contributed by atoms with E-state index in [1.54, 1.807) is 0 Å². The SMILES string of the molecule is OCC1O[C@@H](O[C@@H]2C3COC2C(O)[C@H](O)O3)C(O)[C@@H](O)[C@H]1O. The van der Waals surface area contributed by atoms with Crippen LogP contribution < -0.4 is 0 Å². The van der Waals surface area contributed by atoms with Crippen molar-refractivity contribution in [1.82, 2.24) is 0 Å². The van der Waals surface area contributed by atoms with Crippen LogP contribution in [-0.2, 0) is 18.9 Å². The molecule has 0 aromatic carbocycles. The molecule has 0 amide bonds. The van der Waals surface area contributed by atoms with Crippen molar-refractivity contribution in [3.63, 3.8) is 0 Å². The Morgan fingerprint density at radius 1 is 0.909 bits per heavy atom. The van der Waals surface area contributed by atoms with E-state index >= 15 is 0 Å². The summed E-state index contributed by atoms with van der Waals surface area (Å²) in [4.78, 5) is 0. The number of ether oxygens (including phenoxy) is 4. The highest BCUT2D eigenvalue weighted by Crippen LogP contribution is 2.33. The molecule has 3 heterocycles. The third-order valence-corrected chi connectivity index (χ3v) is 4.23. The quantitative estimate of drug-likeness (QED) is 0.299. The van der Waals surface area contributed by atoms with Gasteiger partial charge in [0, 0.05) is 0 Å². The molecular weight excluding hydrogens is 304 g/mol. The summed E-state index contributed by atoms with van der Waals surface area (Å²) in [5.74, 6) is 0. The van der Waals surface area contributed by atoms with Crippen LogP contribution in [-0.4, -0.2) is 105 Å². The average molecular weight is 324 g/mol. The maximum atomic E-state index is 9.93. The molecule has 6 N–H and O–H groups in total. The summed E-state index contributed by atoms with van der Waals surface area (Å²) in [5.41, 5.74) is 0. The van der Waals surface area contributed by atoms with E-state index in [0.717, 1.165) is 0 Å². The average Bonchev–Trinajstić information content (AvgIpc) is 2.82. The molecule has 3 rings (SSSR count). The zero-order chi connectivity index (χ0) is 16.0. The van der Waals surface area contributed by atoms with Crippen LogP contribution >= 0.6 is 0 Å². The number of rotatable bonds is 3. The second kappa shape index (κ2) is 6.24. The van der Waals surface area contributed by atoms with Gasteiger partial charge in [0.1, 0.15) is 48.8 Å². The van der Waals surface area contributed by atoms with Crippen molar-refractivity contribution < 1.29 is 49.6 Å². The molecule has 10 nitrogen and oxygen atoms in total. The maximum absolute atomic E-state index is 9.93. The topological polar surface area (TPSA) is 158 Å². The van der Waals surface area contributed by atoms with E-state index < -0.39 is 68.0 Å². The van der Waals surface area contributed by atoms with Crippen LogP contribution in [0.25, 0.3) is 0 Å². The van der Waals surface area contributed by atoms with Gasteiger partial charge in [0.05, 0.1) is 13.2 Å². The molecule has 0 aliphatic carbocycles. The van der Waals surface area contributed by atoms with E-state index in [9.17, 15) is 25.5 Å². The molecule has 10 atom stereocenters. The minimum Gasteiger partial charge on any atom is -0.394 e. The third-order valence-electron chi connectivity index (χ3n) is 4.23. The van der Waals surface area contributed by atoms with Crippen LogP contribution in [0.15, 0.2) is 0 Å². The normalized spacial score (nSPS) is 55.4. The molecule has 22 heavy (non-hydrogen) atoms. The van der Waals surface area contributed by atoms with Crippen molar-refractivity contribution in [2.45, 2.75) is 61.4 Å². The Labute approximate surface area is 125 Å². The molecule has 3 saturated heterocycles. The van der Waals surface area contributed by atoms with E-state index in [4.69, 9.17) is 24.1 Å². The first-order valence-electron chi connectivity index (χ1n) is 7.03. The monoisotopic (exact) mass is 324 g/mol. The van der Waals surface area contributed by atoms with Crippen LogP contribution in [0.1, 0.15) is 0 Å². The Hall–Kier alpha value is -0.400. The van der Waals surface area contributed by atoms with Crippen molar-refractivity contribution in [2.24, 2.45) is 0 Å². The first-order chi connectivity index (χ1) is 10.4. The van der Waals surface area contributed by atoms with Crippen molar-refractivity contribution in [3.8, 4) is 0 Å². The van der Waals surface area contributed by atoms with Gasteiger partial charge in [0.25, 0.3) is 0 Å². The highest BCUT2D eigenvalue weighted by molar-refractivity contribution is 4.97. The fourth-order valence-corrected chi connectivity index (χ4v) is 2.94. The van der Waals surface area contributed by atoms with Gasteiger partial charge in [-0.25, -0.2) is 0 Å². The molecule has 2 bridgehead atoms. The van der Waals surface area contributed by atoms with Crippen LogP contribution in [0.4, 0.5) is 0 Å². The van der Waals surface area contributed by atoms with Crippen LogP contribution in [0.3, 0.4) is 0 Å². The highest BCUT2D eigenvalue weighted by atomic mass is 16.7. The first-order valence-corrected chi connectivity index (χ1v) is 7.03. The lowest BCUT2D eigenvalue weighted by Crippen LogP contribution is -2.62. The van der Waals surface area contributed by atoms with Gasteiger partial charge in [-0.2, -0.15) is 0 Å². The largest absolute Gasteiger partial charge is 0.394 e. The summed E-state index contributed by atoms with van der Waals surface area (Å²) >= 11 is 0. The number of hydrogen-bond acceptors (Lipinski definition) is 10. The summed E-state index contributed by atoms with van der Waals surface area (Å²) in [6.07, 6.45) is -12.1. The predicted molar refractivity (Wildman–Crippen MR) is 65.3 cm³/mol. The molecule has 10 heteroatoms. The van der Waals surface area contributed by atoms with Crippen LogP contribution in [0.2, 0.25) is 0 Å².